The van der Waals surface area contributed by atoms with E-state index in [1.807, 2.05) is 12.1 Å². The Morgan fingerprint density at radius 1 is 1.00 bits per heavy atom. The van der Waals surface area contributed by atoms with Gasteiger partial charge in [0.1, 0.15) is 0 Å². The van der Waals surface area contributed by atoms with Crippen molar-refractivity contribution in [3.63, 3.8) is 0 Å². The van der Waals surface area contributed by atoms with Crippen LogP contribution in [0.15, 0.2) is 27.8 Å². The highest BCUT2D eigenvalue weighted by atomic mass is 16.2. The van der Waals surface area contributed by atoms with Crippen LogP contribution >= 0.6 is 0 Å². The number of H-pyrrole nitrogens is 2. The molecule has 0 fully saturated rings. The van der Waals surface area contributed by atoms with Gasteiger partial charge in [-0.2, -0.15) is 0 Å². The molecule has 114 valence electrons. The van der Waals surface area contributed by atoms with Gasteiger partial charge in [-0.3, -0.25) is 9.59 Å². The smallest absolute Gasteiger partial charge is 0.314 e. The van der Waals surface area contributed by atoms with Crippen LogP contribution in [-0.2, 0) is 0 Å². The molecule has 0 aliphatic rings. The van der Waals surface area contributed by atoms with Gasteiger partial charge in [-0.05, 0) is 24.1 Å². The maximum absolute atomic E-state index is 11.4. The first kappa shape index (κ1) is 15.5. The molecular formula is C16H23N3O2. The van der Waals surface area contributed by atoms with Crippen LogP contribution in [0.4, 0.5) is 0 Å². The molecule has 5 nitrogen and oxygen atoms in total. The maximum Gasteiger partial charge on any atom is 0.314 e. The van der Waals surface area contributed by atoms with E-state index in [9.17, 15) is 9.59 Å². The first-order chi connectivity index (χ1) is 10.1. The van der Waals surface area contributed by atoms with E-state index in [1.165, 1.54) is 25.7 Å². The highest BCUT2D eigenvalue weighted by Crippen LogP contribution is 2.20. The second-order valence-electron chi connectivity index (χ2n) is 5.52. The Morgan fingerprint density at radius 3 is 2.38 bits per heavy atom. The van der Waals surface area contributed by atoms with Crippen molar-refractivity contribution < 1.29 is 0 Å². The first-order valence-electron chi connectivity index (χ1n) is 7.63. The molecule has 2 aromatic rings. The van der Waals surface area contributed by atoms with Gasteiger partial charge in [0.05, 0.1) is 11.0 Å². The van der Waals surface area contributed by atoms with Gasteiger partial charge in [0.15, 0.2) is 0 Å². The molecule has 21 heavy (non-hydrogen) atoms. The van der Waals surface area contributed by atoms with E-state index in [2.05, 4.69) is 16.9 Å². The zero-order valence-electron chi connectivity index (χ0n) is 12.4. The predicted molar refractivity (Wildman–Crippen MR) is 85.5 cm³/mol. The summed E-state index contributed by atoms with van der Waals surface area (Å²) in [6, 6.07) is 5.52. The van der Waals surface area contributed by atoms with E-state index in [-0.39, 0.29) is 6.04 Å². The molecule has 0 aliphatic carbocycles. The molecule has 1 atom stereocenters. The summed E-state index contributed by atoms with van der Waals surface area (Å²) in [5.41, 5.74) is 7.18. The summed E-state index contributed by atoms with van der Waals surface area (Å²) >= 11 is 0. The monoisotopic (exact) mass is 289 g/mol. The second-order valence-corrected chi connectivity index (χ2v) is 5.52. The normalized spacial score (nSPS) is 12.7. The van der Waals surface area contributed by atoms with E-state index >= 15 is 0 Å². The van der Waals surface area contributed by atoms with Crippen LogP contribution in [0.5, 0.6) is 0 Å². The first-order valence-corrected chi connectivity index (χ1v) is 7.63. The van der Waals surface area contributed by atoms with Gasteiger partial charge >= 0.3 is 11.1 Å². The zero-order valence-corrected chi connectivity index (χ0v) is 12.4. The minimum atomic E-state index is -0.632. The van der Waals surface area contributed by atoms with E-state index < -0.39 is 11.1 Å². The zero-order chi connectivity index (χ0) is 15.2. The number of nitrogens with one attached hydrogen (secondary N) is 2. The maximum atomic E-state index is 11.4. The second kappa shape index (κ2) is 7.22. The number of aromatic nitrogens is 2. The highest BCUT2D eigenvalue weighted by molar-refractivity contribution is 5.74. The number of hydrogen-bond acceptors (Lipinski definition) is 3. The fourth-order valence-corrected chi connectivity index (χ4v) is 2.50. The molecule has 0 saturated heterocycles. The summed E-state index contributed by atoms with van der Waals surface area (Å²) in [4.78, 5) is 27.7. The predicted octanol–water partition coefficient (Wildman–Crippen LogP) is 2.58. The third-order valence-electron chi connectivity index (χ3n) is 3.79. The quantitative estimate of drug-likeness (QED) is 0.540. The Balaban J connectivity index is 2.06. The largest absolute Gasteiger partial charge is 0.324 e. The molecule has 0 spiro atoms. The van der Waals surface area contributed by atoms with Gasteiger partial charge < -0.3 is 15.7 Å². The number of aromatic amines is 2. The minimum Gasteiger partial charge on any atom is -0.324 e. The molecule has 0 bridgehead atoms. The minimum absolute atomic E-state index is 0.0357. The van der Waals surface area contributed by atoms with Crippen LogP contribution < -0.4 is 16.9 Å². The summed E-state index contributed by atoms with van der Waals surface area (Å²) in [5, 5.41) is 0. The SMILES string of the molecule is CCCCCCCC(N)c1ccc2[nH]c(=O)c(=O)[nH]c2c1. The van der Waals surface area contributed by atoms with Crippen LogP contribution in [0, 0.1) is 0 Å². The Kier molecular flexibility index (Phi) is 5.33. The van der Waals surface area contributed by atoms with E-state index in [0.717, 1.165) is 18.4 Å². The molecule has 0 radical (unpaired) electrons. The van der Waals surface area contributed by atoms with Gasteiger partial charge in [-0.1, -0.05) is 45.1 Å². The van der Waals surface area contributed by atoms with Crippen molar-refractivity contribution >= 4 is 11.0 Å². The van der Waals surface area contributed by atoms with Gasteiger partial charge in [0, 0.05) is 6.04 Å². The van der Waals surface area contributed by atoms with Crippen molar-refractivity contribution in [2.75, 3.05) is 0 Å². The number of fused-ring (bicyclic) bond motifs is 1. The molecule has 5 heteroatoms. The van der Waals surface area contributed by atoms with Crippen LogP contribution in [0.1, 0.15) is 57.1 Å². The molecular weight excluding hydrogens is 266 g/mol. The number of unbranched alkanes of at least 4 members (excludes halogenated alkanes) is 4. The van der Waals surface area contributed by atoms with E-state index in [1.54, 1.807) is 6.07 Å². The van der Waals surface area contributed by atoms with Crippen molar-refractivity contribution in [1.29, 1.82) is 0 Å². The lowest BCUT2D eigenvalue weighted by Gasteiger charge is -2.12. The van der Waals surface area contributed by atoms with E-state index in [0.29, 0.717) is 11.0 Å². The third kappa shape index (κ3) is 4.04. The molecule has 0 saturated carbocycles. The molecule has 2 rings (SSSR count). The van der Waals surface area contributed by atoms with Gasteiger partial charge in [-0.25, -0.2) is 0 Å². The van der Waals surface area contributed by atoms with Gasteiger partial charge in [0.25, 0.3) is 0 Å². The average molecular weight is 289 g/mol. The van der Waals surface area contributed by atoms with Crippen molar-refractivity contribution in [1.82, 2.24) is 9.97 Å². The van der Waals surface area contributed by atoms with Crippen molar-refractivity contribution in [2.24, 2.45) is 5.73 Å². The lowest BCUT2D eigenvalue weighted by atomic mass is 10.00. The molecule has 1 aromatic carbocycles. The number of benzene rings is 1. The van der Waals surface area contributed by atoms with E-state index in [4.69, 9.17) is 5.73 Å². The molecule has 1 heterocycles. The highest BCUT2D eigenvalue weighted by Gasteiger charge is 2.08. The molecule has 1 unspecified atom stereocenters. The lowest BCUT2D eigenvalue weighted by Crippen LogP contribution is -2.29. The number of hydrogen-bond donors (Lipinski definition) is 3. The molecule has 0 aliphatic heterocycles. The standard InChI is InChI=1S/C16H23N3O2/c1-2-3-4-5-6-7-12(17)11-8-9-13-14(10-11)19-16(21)15(20)18-13/h8-10,12H,2-7,17H2,1H3,(H,18,20)(H,19,21). The summed E-state index contributed by atoms with van der Waals surface area (Å²) in [7, 11) is 0. The average Bonchev–Trinajstić information content (AvgIpc) is 2.47. The van der Waals surface area contributed by atoms with Crippen molar-refractivity contribution in [3.8, 4) is 0 Å². The fraction of sp³-hybridized carbons (Fsp3) is 0.500. The molecule has 4 N–H and O–H groups in total. The topological polar surface area (TPSA) is 91.7 Å². The number of rotatable bonds is 7. The Bertz CT molecular complexity index is 702. The summed E-state index contributed by atoms with van der Waals surface area (Å²) < 4.78 is 0. The van der Waals surface area contributed by atoms with Crippen molar-refractivity contribution in [2.45, 2.75) is 51.5 Å². The van der Waals surface area contributed by atoms with Crippen LogP contribution in [-0.4, -0.2) is 9.97 Å². The third-order valence-corrected chi connectivity index (χ3v) is 3.79. The molecule has 1 aromatic heterocycles. The van der Waals surface area contributed by atoms with Crippen molar-refractivity contribution in [3.05, 3.63) is 44.5 Å². The Labute approximate surface area is 123 Å². The summed E-state index contributed by atoms with van der Waals surface area (Å²) in [6.45, 7) is 2.20. The Morgan fingerprint density at radius 2 is 1.67 bits per heavy atom. The number of nitrogens with two attached hydrogens (primary N) is 1. The van der Waals surface area contributed by atoms with Gasteiger partial charge in [0.2, 0.25) is 0 Å². The van der Waals surface area contributed by atoms with Gasteiger partial charge in [-0.15, -0.1) is 0 Å². The van der Waals surface area contributed by atoms with Crippen LogP contribution in [0.2, 0.25) is 0 Å². The summed E-state index contributed by atoms with van der Waals surface area (Å²) in [5.74, 6) is 0. The fourth-order valence-electron chi connectivity index (χ4n) is 2.50. The van der Waals surface area contributed by atoms with Crippen LogP contribution in [0.25, 0.3) is 11.0 Å². The Hall–Kier alpha value is -1.88. The molecule has 0 amide bonds. The van der Waals surface area contributed by atoms with Crippen LogP contribution in [0.3, 0.4) is 0 Å². The summed E-state index contributed by atoms with van der Waals surface area (Å²) in [6.07, 6.45) is 7.03. The lowest BCUT2D eigenvalue weighted by molar-refractivity contribution is 0.555.